The van der Waals surface area contributed by atoms with E-state index in [0.29, 0.717) is 23.3 Å². The van der Waals surface area contributed by atoms with Gasteiger partial charge in [-0.1, -0.05) is 0 Å². The predicted molar refractivity (Wildman–Crippen MR) is 80.5 cm³/mol. The summed E-state index contributed by atoms with van der Waals surface area (Å²) in [4.78, 5) is 14.1. The Balaban J connectivity index is 0.00000147. The molecule has 2 aromatic rings. The number of hydrogen-bond donors (Lipinski definition) is 2. The van der Waals surface area contributed by atoms with Gasteiger partial charge in [-0.2, -0.15) is 0 Å². The molecule has 1 aliphatic rings. The molecule has 6 heteroatoms. The molecule has 0 amide bonds. The van der Waals surface area contributed by atoms with E-state index in [0.717, 1.165) is 18.7 Å². The number of hydrogen-bond acceptors (Lipinski definition) is 5. The van der Waals surface area contributed by atoms with Crippen molar-refractivity contribution in [3.8, 4) is 0 Å². The maximum atomic E-state index is 12.0. The largest absolute Gasteiger partial charge is 0.459 e. The Bertz CT molecular complexity index is 671. The number of rotatable bonds is 2. The molecule has 108 valence electrons. The standard InChI is InChI=1S/C14H16N2O3.ClH/c15-7-11-6-13(18)12-5-9(1-2-14(12)19-11)16-4-3-10(17)8-16;/h1-2,5-6,10,17H,3-4,7-8,15H2;1H/t10-;/m0./s1. The quantitative estimate of drug-likeness (QED) is 0.872. The van der Waals surface area contributed by atoms with E-state index in [1.165, 1.54) is 6.07 Å². The van der Waals surface area contributed by atoms with Crippen LogP contribution in [0.2, 0.25) is 0 Å². The van der Waals surface area contributed by atoms with E-state index in [-0.39, 0.29) is 30.5 Å². The van der Waals surface area contributed by atoms with E-state index in [1.807, 2.05) is 12.1 Å². The van der Waals surface area contributed by atoms with Crippen molar-refractivity contribution in [3.05, 3.63) is 40.2 Å². The minimum Gasteiger partial charge on any atom is -0.459 e. The van der Waals surface area contributed by atoms with E-state index in [4.69, 9.17) is 10.2 Å². The normalized spacial score (nSPS) is 18.3. The molecule has 0 bridgehead atoms. The van der Waals surface area contributed by atoms with Crippen LogP contribution in [0.15, 0.2) is 33.5 Å². The fourth-order valence-electron chi connectivity index (χ4n) is 2.47. The second-order valence-electron chi connectivity index (χ2n) is 4.85. The summed E-state index contributed by atoms with van der Waals surface area (Å²) in [5, 5.41) is 10.1. The predicted octanol–water partition coefficient (Wildman–Crippen LogP) is 1.24. The fraction of sp³-hybridized carbons (Fsp3) is 0.357. The highest BCUT2D eigenvalue weighted by atomic mass is 35.5. The van der Waals surface area contributed by atoms with Crippen LogP contribution in [0.3, 0.4) is 0 Å². The lowest BCUT2D eigenvalue weighted by Crippen LogP contribution is -2.21. The number of aliphatic hydroxyl groups is 1. The lowest BCUT2D eigenvalue weighted by molar-refractivity contribution is 0.198. The number of β-amino-alcohol motifs (C(OH)–C–C–N with tert-alkyl or cyclic N) is 1. The molecule has 2 heterocycles. The molecule has 0 spiro atoms. The first kappa shape index (κ1) is 14.8. The number of halogens is 1. The van der Waals surface area contributed by atoms with Crippen molar-refractivity contribution in [2.45, 2.75) is 19.1 Å². The van der Waals surface area contributed by atoms with Crippen molar-refractivity contribution in [3.63, 3.8) is 0 Å². The van der Waals surface area contributed by atoms with Crippen LogP contribution < -0.4 is 16.1 Å². The van der Waals surface area contributed by atoms with E-state index in [1.54, 1.807) is 6.07 Å². The van der Waals surface area contributed by atoms with Crippen LogP contribution in [0.5, 0.6) is 0 Å². The number of benzene rings is 1. The second-order valence-corrected chi connectivity index (χ2v) is 4.85. The summed E-state index contributed by atoms with van der Waals surface area (Å²) in [6.45, 7) is 1.63. The summed E-state index contributed by atoms with van der Waals surface area (Å²) in [6.07, 6.45) is 0.477. The molecule has 1 fully saturated rings. The van der Waals surface area contributed by atoms with Crippen molar-refractivity contribution in [1.82, 2.24) is 0 Å². The Morgan fingerprint density at radius 2 is 2.20 bits per heavy atom. The molecule has 0 unspecified atom stereocenters. The van der Waals surface area contributed by atoms with Crippen molar-refractivity contribution < 1.29 is 9.52 Å². The maximum absolute atomic E-state index is 12.0. The molecule has 1 aliphatic heterocycles. The third-order valence-electron chi connectivity index (χ3n) is 3.49. The van der Waals surface area contributed by atoms with Gasteiger partial charge in [-0.3, -0.25) is 4.79 Å². The Kier molecular flexibility index (Phi) is 4.32. The third-order valence-corrected chi connectivity index (χ3v) is 3.49. The number of anilines is 1. The molecule has 1 atom stereocenters. The minimum atomic E-state index is -0.285. The van der Waals surface area contributed by atoms with Crippen molar-refractivity contribution in [1.29, 1.82) is 0 Å². The van der Waals surface area contributed by atoms with E-state index >= 15 is 0 Å². The lowest BCUT2D eigenvalue weighted by atomic mass is 10.2. The van der Waals surface area contributed by atoms with Gasteiger partial charge in [0.15, 0.2) is 5.43 Å². The zero-order valence-electron chi connectivity index (χ0n) is 10.9. The molecule has 0 saturated carbocycles. The fourth-order valence-corrected chi connectivity index (χ4v) is 2.47. The summed E-state index contributed by atoms with van der Waals surface area (Å²) in [5.41, 5.74) is 6.90. The molecule has 5 nitrogen and oxygen atoms in total. The van der Waals surface area contributed by atoms with E-state index < -0.39 is 0 Å². The highest BCUT2D eigenvalue weighted by Crippen LogP contribution is 2.24. The number of aliphatic hydroxyl groups excluding tert-OH is 1. The van der Waals surface area contributed by atoms with Gasteiger partial charge in [-0.15, -0.1) is 12.4 Å². The van der Waals surface area contributed by atoms with Gasteiger partial charge in [0.2, 0.25) is 0 Å². The molecule has 20 heavy (non-hydrogen) atoms. The maximum Gasteiger partial charge on any atom is 0.193 e. The molecule has 1 saturated heterocycles. The first-order valence-corrected chi connectivity index (χ1v) is 6.37. The van der Waals surface area contributed by atoms with Gasteiger partial charge >= 0.3 is 0 Å². The Morgan fingerprint density at radius 1 is 1.40 bits per heavy atom. The summed E-state index contributed by atoms with van der Waals surface area (Å²) in [6, 6.07) is 6.95. The van der Waals surface area contributed by atoms with E-state index in [2.05, 4.69) is 4.90 Å². The summed E-state index contributed by atoms with van der Waals surface area (Å²) < 4.78 is 5.54. The van der Waals surface area contributed by atoms with Crippen LogP contribution in [0, 0.1) is 0 Å². The molecular formula is C14H17ClN2O3. The molecule has 3 rings (SSSR count). The molecule has 1 aromatic heterocycles. The van der Waals surface area contributed by atoms with Gasteiger partial charge in [0, 0.05) is 24.8 Å². The van der Waals surface area contributed by atoms with Crippen molar-refractivity contribution in [2.75, 3.05) is 18.0 Å². The molecule has 0 radical (unpaired) electrons. The topological polar surface area (TPSA) is 79.7 Å². The number of fused-ring (bicyclic) bond motifs is 1. The Morgan fingerprint density at radius 3 is 2.85 bits per heavy atom. The van der Waals surface area contributed by atoms with Crippen molar-refractivity contribution >= 4 is 29.1 Å². The molecular weight excluding hydrogens is 280 g/mol. The van der Waals surface area contributed by atoms with Gasteiger partial charge < -0.3 is 20.2 Å². The van der Waals surface area contributed by atoms with Crippen LogP contribution in [0.4, 0.5) is 5.69 Å². The molecule has 1 aromatic carbocycles. The average Bonchev–Trinajstić information content (AvgIpc) is 2.85. The van der Waals surface area contributed by atoms with E-state index in [9.17, 15) is 9.90 Å². The van der Waals surface area contributed by atoms with Crippen LogP contribution in [0.1, 0.15) is 12.2 Å². The van der Waals surface area contributed by atoms with Gasteiger partial charge in [0.1, 0.15) is 11.3 Å². The number of nitrogens with two attached hydrogens (primary N) is 1. The van der Waals surface area contributed by atoms with Crippen molar-refractivity contribution in [2.24, 2.45) is 5.73 Å². The Hall–Kier alpha value is -1.56. The third kappa shape index (κ3) is 2.65. The monoisotopic (exact) mass is 296 g/mol. The molecule has 0 aliphatic carbocycles. The minimum absolute atomic E-state index is 0. The van der Waals surface area contributed by atoms with Crippen LogP contribution >= 0.6 is 12.4 Å². The highest BCUT2D eigenvalue weighted by Gasteiger charge is 2.20. The summed E-state index contributed by atoms with van der Waals surface area (Å²) in [7, 11) is 0. The number of nitrogens with zero attached hydrogens (tertiary/aromatic N) is 1. The van der Waals surface area contributed by atoms with Gasteiger partial charge in [-0.05, 0) is 24.6 Å². The second kappa shape index (κ2) is 5.83. The summed E-state index contributed by atoms with van der Waals surface area (Å²) in [5.74, 6) is 0.488. The average molecular weight is 297 g/mol. The smallest absolute Gasteiger partial charge is 0.193 e. The Labute approximate surface area is 122 Å². The zero-order chi connectivity index (χ0) is 13.4. The van der Waals surface area contributed by atoms with Gasteiger partial charge in [-0.25, -0.2) is 0 Å². The SMILES string of the molecule is Cl.NCc1cc(=O)c2cc(N3CC[C@H](O)C3)ccc2o1. The first-order chi connectivity index (χ1) is 9.17. The van der Waals surface area contributed by atoms with Crippen LogP contribution in [0.25, 0.3) is 11.0 Å². The van der Waals surface area contributed by atoms with Gasteiger partial charge in [0.25, 0.3) is 0 Å². The van der Waals surface area contributed by atoms with Gasteiger partial charge in [0.05, 0.1) is 18.0 Å². The zero-order valence-corrected chi connectivity index (χ0v) is 11.7. The molecule has 3 N–H and O–H groups in total. The lowest BCUT2D eigenvalue weighted by Gasteiger charge is -2.18. The summed E-state index contributed by atoms with van der Waals surface area (Å²) >= 11 is 0. The van der Waals surface area contributed by atoms with Crippen LogP contribution in [-0.4, -0.2) is 24.3 Å². The van der Waals surface area contributed by atoms with Crippen LogP contribution in [-0.2, 0) is 6.54 Å². The first-order valence-electron chi connectivity index (χ1n) is 6.37. The highest BCUT2D eigenvalue weighted by molar-refractivity contribution is 5.85.